The summed E-state index contributed by atoms with van der Waals surface area (Å²) < 4.78 is 5.38. The van der Waals surface area contributed by atoms with Crippen LogP contribution >= 0.6 is 0 Å². The van der Waals surface area contributed by atoms with Gasteiger partial charge in [-0.3, -0.25) is 14.5 Å². The first-order chi connectivity index (χ1) is 15.1. The Morgan fingerprint density at radius 2 is 1.87 bits per heavy atom. The Kier molecular flexibility index (Phi) is 8.06. The van der Waals surface area contributed by atoms with Crippen LogP contribution in [-0.2, 0) is 4.79 Å². The molecular weight excluding hydrogens is 390 g/mol. The highest BCUT2D eigenvalue weighted by molar-refractivity contribution is 5.97. The number of likely N-dealkylation sites (N-methyl/N-ethyl adjacent to an activating group) is 1. The Hall–Kier alpha value is -2.86. The Morgan fingerprint density at radius 3 is 2.52 bits per heavy atom. The van der Waals surface area contributed by atoms with Crippen molar-refractivity contribution < 1.29 is 14.3 Å². The van der Waals surface area contributed by atoms with Gasteiger partial charge in [-0.05, 0) is 67.9 Å². The first-order valence-corrected chi connectivity index (χ1v) is 11.1. The van der Waals surface area contributed by atoms with Crippen molar-refractivity contribution in [1.29, 1.82) is 0 Å². The number of hydrogen-bond donors (Lipinski definition) is 1. The minimum atomic E-state index is -0.114. The second-order valence-corrected chi connectivity index (χ2v) is 7.77. The molecule has 1 saturated heterocycles. The zero-order valence-corrected chi connectivity index (χ0v) is 18.8. The van der Waals surface area contributed by atoms with Crippen LogP contribution < -0.4 is 15.0 Å². The first kappa shape index (κ1) is 22.8. The van der Waals surface area contributed by atoms with Crippen molar-refractivity contribution in [2.24, 2.45) is 0 Å². The van der Waals surface area contributed by atoms with Crippen LogP contribution in [0.4, 0.5) is 5.69 Å². The highest BCUT2D eigenvalue weighted by atomic mass is 16.5. The van der Waals surface area contributed by atoms with Gasteiger partial charge in [-0.1, -0.05) is 26.0 Å². The van der Waals surface area contributed by atoms with Crippen molar-refractivity contribution in [2.45, 2.75) is 39.2 Å². The summed E-state index contributed by atoms with van der Waals surface area (Å²) in [6, 6.07) is 15.4. The van der Waals surface area contributed by atoms with Crippen LogP contribution in [0.1, 0.15) is 55.1 Å². The van der Waals surface area contributed by atoms with Gasteiger partial charge in [-0.25, -0.2) is 0 Å². The molecule has 1 aliphatic rings. The second kappa shape index (κ2) is 11.0. The largest absolute Gasteiger partial charge is 0.497 e. The van der Waals surface area contributed by atoms with E-state index in [1.807, 2.05) is 35.2 Å². The van der Waals surface area contributed by atoms with E-state index in [-0.39, 0.29) is 17.9 Å². The predicted octanol–water partition coefficient (Wildman–Crippen LogP) is 4.03. The normalized spacial score (nSPS) is 15.1. The van der Waals surface area contributed by atoms with Crippen LogP contribution in [0.5, 0.6) is 5.75 Å². The summed E-state index contributed by atoms with van der Waals surface area (Å²) in [5, 5.41) is 3.09. The van der Waals surface area contributed by atoms with E-state index < -0.39 is 0 Å². The van der Waals surface area contributed by atoms with E-state index in [2.05, 4.69) is 30.1 Å². The Balaban J connectivity index is 1.69. The number of amides is 2. The molecule has 0 saturated carbocycles. The minimum Gasteiger partial charge on any atom is -0.497 e. The van der Waals surface area contributed by atoms with Crippen LogP contribution in [0, 0.1) is 0 Å². The molecule has 1 fully saturated rings. The zero-order chi connectivity index (χ0) is 22.2. The van der Waals surface area contributed by atoms with Gasteiger partial charge in [0.2, 0.25) is 5.91 Å². The number of ether oxygens (including phenoxy) is 1. The average molecular weight is 424 g/mol. The third-order valence-corrected chi connectivity index (χ3v) is 5.95. The van der Waals surface area contributed by atoms with Gasteiger partial charge < -0.3 is 15.0 Å². The maximum absolute atomic E-state index is 12.8. The van der Waals surface area contributed by atoms with Gasteiger partial charge in [0.05, 0.1) is 13.2 Å². The third kappa shape index (κ3) is 5.64. The molecule has 6 heteroatoms. The lowest BCUT2D eigenvalue weighted by molar-refractivity contribution is -0.119. The van der Waals surface area contributed by atoms with E-state index >= 15 is 0 Å². The summed E-state index contributed by atoms with van der Waals surface area (Å²) in [6.45, 7) is 7.26. The molecule has 2 aromatic rings. The lowest BCUT2D eigenvalue weighted by Gasteiger charge is -2.30. The molecule has 1 unspecified atom stereocenters. The number of piperidine rings is 1. The highest BCUT2D eigenvalue weighted by Crippen LogP contribution is 2.24. The smallest absolute Gasteiger partial charge is 0.251 e. The van der Waals surface area contributed by atoms with Crippen molar-refractivity contribution in [1.82, 2.24) is 10.2 Å². The number of nitrogens with one attached hydrogen (secondary N) is 1. The molecule has 1 aliphatic heterocycles. The number of benzene rings is 2. The molecule has 2 aromatic carbocycles. The van der Waals surface area contributed by atoms with E-state index in [1.54, 1.807) is 19.2 Å². The Morgan fingerprint density at radius 1 is 1.13 bits per heavy atom. The standard InChI is InChI=1S/C25H33N3O3/c1-4-27(5-2)23(20-9-8-10-22(17-20)31-3)18-26-25(30)19-12-14-21(15-13-19)28-16-7-6-11-24(28)29/h8-10,12-15,17,23H,4-7,11,16,18H2,1-3H3,(H,26,30). The van der Waals surface area contributed by atoms with Crippen LogP contribution in [0.25, 0.3) is 0 Å². The molecule has 31 heavy (non-hydrogen) atoms. The predicted molar refractivity (Wildman–Crippen MR) is 124 cm³/mol. The molecule has 6 nitrogen and oxygen atoms in total. The lowest BCUT2D eigenvalue weighted by Crippen LogP contribution is -2.38. The molecule has 0 radical (unpaired) electrons. The fourth-order valence-corrected chi connectivity index (χ4v) is 4.13. The molecule has 166 valence electrons. The molecule has 0 bridgehead atoms. The summed E-state index contributed by atoms with van der Waals surface area (Å²) in [5.74, 6) is 0.851. The van der Waals surface area contributed by atoms with Gasteiger partial charge >= 0.3 is 0 Å². The number of methoxy groups -OCH3 is 1. The van der Waals surface area contributed by atoms with Gasteiger partial charge in [-0.15, -0.1) is 0 Å². The van der Waals surface area contributed by atoms with Crippen LogP contribution in [0.15, 0.2) is 48.5 Å². The Bertz CT molecular complexity index is 878. The molecule has 1 atom stereocenters. The van der Waals surface area contributed by atoms with Crippen LogP contribution in [-0.4, -0.2) is 50.0 Å². The van der Waals surface area contributed by atoms with E-state index in [4.69, 9.17) is 4.74 Å². The molecule has 0 aromatic heterocycles. The monoisotopic (exact) mass is 423 g/mol. The summed E-state index contributed by atoms with van der Waals surface area (Å²) in [5.41, 5.74) is 2.57. The second-order valence-electron chi connectivity index (χ2n) is 7.77. The SMILES string of the molecule is CCN(CC)C(CNC(=O)c1ccc(N2CCCCC2=O)cc1)c1cccc(OC)c1. The zero-order valence-electron chi connectivity index (χ0n) is 18.8. The van der Waals surface area contributed by atoms with Crippen LogP contribution in [0.2, 0.25) is 0 Å². The maximum atomic E-state index is 12.8. The van der Waals surface area contributed by atoms with Gasteiger partial charge in [0.15, 0.2) is 0 Å². The van der Waals surface area contributed by atoms with Crippen LogP contribution in [0.3, 0.4) is 0 Å². The summed E-state index contributed by atoms with van der Waals surface area (Å²) in [7, 11) is 1.66. The average Bonchev–Trinajstić information content (AvgIpc) is 2.82. The van der Waals surface area contributed by atoms with E-state index in [0.29, 0.717) is 18.5 Å². The lowest BCUT2D eigenvalue weighted by atomic mass is 10.0. The minimum absolute atomic E-state index is 0.0549. The maximum Gasteiger partial charge on any atom is 0.251 e. The molecule has 0 spiro atoms. The highest BCUT2D eigenvalue weighted by Gasteiger charge is 2.21. The van der Waals surface area contributed by atoms with Gasteiger partial charge in [-0.2, -0.15) is 0 Å². The van der Waals surface area contributed by atoms with Gasteiger partial charge in [0, 0.05) is 30.8 Å². The van der Waals surface area contributed by atoms with E-state index in [0.717, 1.165) is 49.5 Å². The van der Waals surface area contributed by atoms with E-state index in [1.165, 1.54) is 0 Å². The topological polar surface area (TPSA) is 61.9 Å². The summed E-state index contributed by atoms with van der Waals surface area (Å²) in [4.78, 5) is 29.1. The van der Waals surface area contributed by atoms with Crippen molar-refractivity contribution in [3.8, 4) is 5.75 Å². The van der Waals surface area contributed by atoms with E-state index in [9.17, 15) is 9.59 Å². The summed E-state index contributed by atoms with van der Waals surface area (Å²) in [6.07, 6.45) is 2.57. The van der Waals surface area contributed by atoms with Gasteiger partial charge in [0.1, 0.15) is 5.75 Å². The number of carbonyl (C=O) groups is 2. The molecule has 0 aliphatic carbocycles. The molecular formula is C25H33N3O3. The molecule has 3 rings (SSSR count). The molecule has 1 N–H and O–H groups in total. The molecule has 1 heterocycles. The first-order valence-electron chi connectivity index (χ1n) is 11.1. The van der Waals surface area contributed by atoms with Crippen molar-refractivity contribution in [2.75, 3.05) is 38.2 Å². The van der Waals surface area contributed by atoms with Crippen molar-refractivity contribution in [3.05, 3.63) is 59.7 Å². The fourth-order valence-electron chi connectivity index (χ4n) is 4.13. The summed E-state index contributed by atoms with van der Waals surface area (Å²) >= 11 is 0. The number of hydrogen-bond acceptors (Lipinski definition) is 4. The quantitative estimate of drug-likeness (QED) is 0.662. The van der Waals surface area contributed by atoms with Crippen molar-refractivity contribution in [3.63, 3.8) is 0 Å². The Labute approximate surface area is 185 Å². The number of carbonyl (C=O) groups excluding carboxylic acids is 2. The molecule has 2 amide bonds. The van der Waals surface area contributed by atoms with Gasteiger partial charge in [0.25, 0.3) is 5.91 Å². The number of nitrogens with zero attached hydrogens (tertiary/aromatic N) is 2. The number of anilines is 1. The third-order valence-electron chi connectivity index (χ3n) is 5.95. The fraction of sp³-hybridized carbons (Fsp3) is 0.440. The number of rotatable bonds is 9. The van der Waals surface area contributed by atoms with Crippen molar-refractivity contribution >= 4 is 17.5 Å².